The first-order valence-corrected chi connectivity index (χ1v) is 10.6. The second kappa shape index (κ2) is 5.61. The normalized spacial score (nSPS) is 45.6. The maximum atomic E-state index is 11.6. The number of aliphatic hydroxyl groups is 1. The first kappa shape index (κ1) is 16.9. The fraction of sp³-hybridized carbons (Fsp3) is 0.667. The molecule has 0 saturated heterocycles. The number of allylic oxidation sites excluding steroid dienone is 1. The standard InChI is InChI=1S/C24H32O2/c1-4-15-12-16-13-18(26-3)7-8-19(16)20-9-11-23(2)21(22(15)20)14-17-6-5-10-24(17,23)25/h5,7-8,10,13,15,17,20-22,25H,4,6,9,11-12,14H2,1-3H3/t15-,17-,20?,21?,22?,23+,24+/m1/s1. The summed E-state index contributed by atoms with van der Waals surface area (Å²) in [6.45, 7) is 4.77. The SMILES string of the molecule is CC[C@@H]1Cc2cc(OC)ccc2C2CC[C@@]3(C)C(C[C@H]4CC=C[C@]43O)C21. The van der Waals surface area contributed by atoms with Crippen LogP contribution < -0.4 is 4.74 Å². The van der Waals surface area contributed by atoms with E-state index in [1.807, 2.05) is 0 Å². The highest BCUT2D eigenvalue weighted by Crippen LogP contribution is 2.69. The lowest BCUT2D eigenvalue weighted by Crippen LogP contribution is -2.52. The highest BCUT2D eigenvalue weighted by molar-refractivity contribution is 5.42. The largest absolute Gasteiger partial charge is 0.497 e. The van der Waals surface area contributed by atoms with E-state index in [0.29, 0.717) is 17.8 Å². The quantitative estimate of drug-likeness (QED) is 0.750. The zero-order chi connectivity index (χ0) is 18.1. The summed E-state index contributed by atoms with van der Waals surface area (Å²) in [4.78, 5) is 0. The summed E-state index contributed by atoms with van der Waals surface area (Å²) in [5.74, 6) is 4.22. The van der Waals surface area contributed by atoms with E-state index in [4.69, 9.17) is 4.74 Å². The maximum Gasteiger partial charge on any atom is 0.119 e. The Bertz CT molecular complexity index is 753. The van der Waals surface area contributed by atoms with Gasteiger partial charge < -0.3 is 9.84 Å². The number of rotatable bonds is 2. The van der Waals surface area contributed by atoms with E-state index >= 15 is 0 Å². The van der Waals surface area contributed by atoms with Crippen LogP contribution in [0.4, 0.5) is 0 Å². The average molecular weight is 353 g/mol. The van der Waals surface area contributed by atoms with Gasteiger partial charge in [0, 0.05) is 5.41 Å². The molecule has 1 aromatic carbocycles. The Kier molecular flexibility index (Phi) is 3.64. The number of hydrogen-bond donors (Lipinski definition) is 1. The molecule has 4 aliphatic carbocycles. The fourth-order valence-electron chi connectivity index (χ4n) is 7.52. The van der Waals surface area contributed by atoms with Crippen LogP contribution >= 0.6 is 0 Å². The first-order valence-electron chi connectivity index (χ1n) is 10.6. The summed E-state index contributed by atoms with van der Waals surface area (Å²) in [6.07, 6.45) is 11.5. The molecule has 26 heavy (non-hydrogen) atoms. The summed E-state index contributed by atoms with van der Waals surface area (Å²) in [6, 6.07) is 6.77. The second-order valence-electron chi connectivity index (χ2n) is 9.58. The zero-order valence-corrected chi connectivity index (χ0v) is 16.4. The first-order chi connectivity index (χ1) is 12.5. The molecule has 0 amide bonds. The van der Waals surface area contributed by atoms with Gasteiger partial charge in [0.1, 0.15) is 5.75 Å². The molecule has 2 heteroatoms. The average Bonchev–Trinajstić information content (AvgIpc) is 3.13. The maximum absolute atomic E-state index is 11.6. The van der Waals surface area contributed by atoms with Gasteiger partial charge in [-0.3, -0.25) is 0 Å². The lowest BCUT2D eigenvalue weighted by atomic mass is 9.50. The van der Waals surface area contributed by atoms with Crippen molar-refractivity contribution < 1.29 is 9.84 Å². The van der Waals surface area contributed by atoms with Crippen LogP contribution in [0.25, 0.3) is 0 Å². The molecule has 0 radical (unpaired) electrons. The van der Waals surface area contributed by atoms with Gasteiger partial charge in [-0.2, -0.15) is 0 Å². The highest BCUT2D eigenvalue weighted by Gasteiger charge is 2.66. The van der Waals surface area contributed by atoms with Gasteiger partial charge >= 0.3 is 0 Å². The molecule has 2 saturated carbocycles. The lowest BCUT2D eigenvalue weighted by molar-refractivity contribution is -0.0901. The van der Waals surface area contributed by atoms with E-state index in [2.05, 4.69) is 44.2 Å². The fourth-order valence-corrected chi connectivity index (χ4v) is 7.52. The van der Waals surface area contributed by atoms with Crippen molar-refractivity contribution in [1.29, 1.82) is 0 Å². The van der Waals surface area contributed by atoms with Gasteiger partial charge in [-0.1, -0.05) is 38.5 Å². The molecular weight excluding hydrogens is 320 g/mol. The molecule has 1 N–H and O–H groups in total. The third-order valence-corrected chi connectivity index (χ3v) is 8.89. The topological polar surface area (TPSA) is 29.5 Å². The zero-order valence-electron chi connectivity index (χ0n) is 16.4. The van der Waals surface area contributed by atoms with Crippen LogP contribution in [-0.2, 0) is 6.42 Å². The van der Waals surface area contributed by atoms with Gasteiger partial charge in [0.25, 0.3) is 0 Å². The molecule has 7 atom stereocenters. The van der Waals surface area contributed by atoms with Gasteiger partial charge in [-0.25, -0.2) is 0 Å². The van der Waals surface area contributed by atoms with Crippen molar-refractivity contribution in [2.24, 2.45) is 29.1 Å². The van der Waals surface area contributed by atoms with Crippen LogP contribution in [0.1, 0.15) is 63.0 Å². The molecule has 140 valence electrons. The smallest absolute Gasteiger partial charge is 0.119 e. The molecule has 4 aliphatic rings. The summed E-state index contributed by atoms with van der Waals surface area (Å²) in [7, 11) is 1.77. The summed E-state index contributed by atoms with van der Waals surface area (Å²) in [5, 5.41) is 11.6. The van der Waals surface area contributed by atoms with Gasteiger partial charge in [0.15, 0.2) is 0 Å². The highest BCUT2D eigenvalue weighted by atomic mass is 16.5. The van der Waals surface area contributed by atoms with Crippen LogP contribution in [0.5, 0.6) is 5.75 Å². The molecule has 0 bridgehead atoms. The van der Waals surface area contributed by atoms with Crippen molar-refractivity contribution in [3.63, 3.8) is 0 Å². The van der Waals surface area contributed by atoms with E-state index in [-0.39, 0.29) is 5.41 Å². The Morgan fingerprint density at radius 2 is 2.15 bits per heavy atom. The minimum absolute atomic E-state index is 0.0588. The lowest BCUT2D eigenvalue weighted by Gasteiger charge is -2.55. The van der Waals surface area contributed by atoms with E-state index in [9.17, 15) is 5.11 Å². The Morgan fingerprint density at radius 1 is 1.31 bits per heavy atom. The summed E-state index contributed by atoms with van der Waals surface area (Å²) < 4.78 is 5.49. The van der Waals surface area contributed by atoms with Gasteiger partial charge in [0.05, 0.1) is 12.7 Å². The third-order valence-electron chi connectivity index (χ3n) is 8.89. The molecule has 3 unspecified atom stereocenters. The van der Waals surface area contributed by atoms with E-state index in [1.165, 1.54) is 31.2 Å². The molecular formula is C24H32O2. The molecule has 2 fully saturated rings. The van der Waals surface area contributed by atoms with Gasteiger partial charge in [0.2, 0.25) is 0 Å². The van der Waals surface area contributed by atoms with E-state index < -0.39 is 5.60 Å². The number of hydrogen-bond acceptors (Lipinski definition) is 2. The molecule has 2 nitrogen and oxygen atoms in total. The Balaban J connectivity index is 1.58. The minimum Gasteiger partial charge on any atom is -0.497 e. The molecule has 0 aromatic heterocycles. The molecule has 5 rings (SSSR count). The van der Waals surface area contributed by atoms with Crippen molar-refractivity contribution in [2.45, 2.75) is 63.9 Å². The summed E-state index contributed by atoms with van der Waals surface area (Å²) >= 11 is 0. The van der Waals surface area contributed by atoms with Crippen LogP contribution in [0, 0.1) is 29.1 Å². The Hall–Kier alpha value is -1.28. The number of ether oxygens (including phenoxy) is 1. The van der Waals surface area contributed by atoms with Crippen LogP contribution in [0.3, 0.4) is 0 Å². The molecule has 0 heterocycles. The van der Waals surface area contributed by atoms with Crippen LogP contribution in [0.15, 0.2) is 30.4 Å². The van der Waals surface area contributed by atoms with Crippen molar-refractivity contribution in [2.75, 3.05) is 7.11 Å². The molecule has 0 aliphatic heterocycles. The van der Waals surface area contributed by atoms with Crippen molar-refractivity contribution in [3.8, 4) is 5.75 Å². The van der Waals surface area contributed by atoms with Crippen LogP contribution in [0.2, 0.25) is 0 Å². The molecule has 0 spiro atoms. The van der Waals surface area contributed by atoms with Crippen molar-refractivity contribution in [1.82, 2.24) is 0 Å². The predicted octanol–water partition coefficient (Wildman–Crippen LogP) is 5.10. The van der Waals surface area contributed by atoms with Crippen LogP contribution in [-0.4, -0.2) is 17.8 Å². The van der Waals surface area contributed by atoms with E-state index in [1.54, 1.807) is 12.7 Å². The van der Waals surface area contributed by atoms with Gasteiger partial charge in [-0.15, -0.1) is 0 Å². The predicted molar refractivity (Wildman–Crippen MR) is 104 cm³/mol. The van der Waals surface area contributed by atoms with Gasteiger partial charge in [-0.05, 0) is 85.0 Å². The number of fused-ring (bicyclic) bond motifs is 7. The summed E-state index contributed by atoms with van der Waals surface area (Å²) in [5.41, 5.74) is 2.59. The molecule has 1 aromatic rings. The number of methoxy groups -OCH3 is 1. The minimum atomic E-state index is -0.554. The Morgan fingerprint density at radius 3 is 2.92 bits per heavy atom. The van der Waals surface area contributed by atoms with E-state index in [0.717, 1.165) is 30.4 Å². The Labute approximate surface area is 157 Å². The monoisotopic (exact) mass is 352 g/mol. The van der Waals surface area contributed by atoms with Crippen molar-refractivity contribution in [3.05, 3.63) is 41.5 Å². The second-order valence-corrected chi connectivity index (χ2v) is 9.58. The van der Waals surface area contributed by atoms with Crippen molar-refractivity contribution >= 4 is 0 Å². The third kappa shape index (κ3) is 1.97. The number of benzene rings is 1.